The first kappa shape index (κ1) is 17.7. The number of hydrogen-bond acceptors (Lipinski definition) is 7. The van der Waals surface area contributed by atoms with E-state index >= 15 is 0 Å². The van der Waals surface area contributed by atoms with Crippen LogP contribution in [0.15, 0.2) is 77.0 Å². The molecule has 0 amide bonds. The Morgan fingerprint density at radius 1 is 0.778 bits per heavy atom. The first-order chi connectivity index (χ1) is 13.0. The number of benzene rings is 3. The predicted octanol–water partition coefficient (Wildman–Crippen LogP) is 5.29. The van der Waals surface area contributed by atoms with Crippen molar-refractivity contribution in [3.8, 4) is 16.9 Å². The SMILES string of the molecule is O=[N+]([O-])c1cc(-c2ccc(N=Nc3ccccc3)cc2)c(O)c([N+](=O)[O-])c1. The molecule has 0 saturated carbocycles. The second-order valence-corrected chi connectivity index (χ2v) is 5.46. The topological polar surface area (TPSA) is 131 Å². The monoisotopic (exact) mass is 364 g/mol. The van der Waals surface area contributed by atoms with Crippen LogP contribution in [0.5, 0.6) is 5.75 Å². The number of hydrogen-bond donors (Lipinski definition) is 1. The molecule has 0 aliphatic rings. The number of aromatic hydroxyl groups is 1. The van der Waals surface area contributed by atoms with Gasteiger partial charge in [0.15, 0.2) is 0 Å². The second-order valence-electron chi connectivity index (χ2n) is 5.46. The lowest BCUT2D eigenvalue weighted by Gasteiger charge is -2.06. The Bertz CT molecular complexity index is 1030. The molecule has 0 unspecified atom stereocenters. The van der Waals surface area contributed by atoms with Crippen molar-refractivity contribution in [1.29, 1.82) is 0 Å². The number of nitro benzene ring substituents is 2. The molecule has 1 N–H and O–H groups in total. The van der Waals surface area contributed by atoms with Gasteiger partial charge < -0.3 is 5.11 Å². The fourth-order valence-electron chi connectivity index (χ4n) is 2.39. The maximum Gasteiger partial charge on any atom is 0.318 e. The van der Waals surface area contributed by atoms with Crippen molar-refractivity contribution in [1.82, 2.24) is 0 Å². The number of phenolic OH excluding ortho intramolecular Hbond substituents is 1. The zero-order valence-corrected chi connectivity index (χ0v) is 13.7. The van der Waals surface area contributed by atoms with Crippen LogP contribution in [-0.2, 0) is 0 Å². The molecule has 0 aliphatic heterocycles. The molecule has 0 bridgehead atoms. The minimum absolute atomic E-state index is 0.0116. The van der Waals surface area contributed by atoms with Crippen molar-refractivity contribution < 1.29 is 15.0 Å². The van der Waals surface area contributed by atoms with Crippen LogP contribution in [0, 0.1) is 20.2 Å². The summed E-state index contributed by atoms with van der Waals surface area (Å²) >= 11 is 0. The third kappa shape index (κ3) is 3.93. The third-order valence-corrected chi connectivity index (χ3v) is 3.70. The van der Waals surface area contributed by atoms with Gasteiger partial charge in [-0.3, -0.25) is 20.2 Å². The molecule has 0 spiro atoms. The average molecular weight is 364 g/mol. The van der Waals surface area contributed by atoms with Crippen LogP contribution in [0.2, 0.25) is 0 Å². The molecule has 9 nitrogen and oxygen atoms in total. The quantitative estimate of drug-likeness (QED) is 0.373. The Labute approximate surface area is 152 Å². The van der Waals surface area contributed by atoms with Gasteiger partial charge in [0.25, 0.3) is 5.69 Å². The summed E-state index contributed by atoms with van der Waals surface area (Å²) in [7, 11) is 0. The Balaban J connectivity index is 1.96. The fourth-order valence-corrected chi connectivity index (χ4v) is 2.39. The molecular weight excluding hydrogens is 352 g/mol. The zero-order chi connectivity index (χ0) is 19.4. The van der Waals surface area contributed by atoms with E-state index in [4.69, 9.17) is 0 Å². The van der Waals surface area contributed by atoms with Gasteiger partial charge in [-0.25, -0.2) is 0 Å². The van der Waals surface area contributed by atoms with Gasteiger partial charge >= 0.3 is 5.69 Å². The molecule has 0 radical (unpaired) electrons. The van der Waals surface area contributed by atoms with Gasteiger partial charge in [-0.15, -0.1) is 0 Å². The minimum Gasteiger partial charge on any atom is -0.502 e. The van der Waals surface area contributed by atoms with E-state index in [0.29, 0.717) is 16.9 Å². The van der Waals surface area contributed by atoms with Gasteiger partial charge in [0.05, 0.1) is 27.3 Å². The van der Waals surface area contributed by atoms with Gasteiger partial charge in [-0.05, 0) is 29.8 Å². The van der Waals surface area contributed by atoms with E-state index in [1.807, 2.05) is 18.2 Å². The first-order valence-corrected chi connectivity index (χ1v) is 7.69. The summed E-state index contributed by atoms with van der Waals surface area (Å²) in [4.78, 5) is 20.4. The molecule has 0 saturated heterocycles. The number of nitrogens with zero attached hydrogens (tertiary/aromatic N) is 4. The zero-order valence-electron chi connectivity index (χ0n) is 13.7. The number of non-ortho nitro benzene ring substituents is 1. The van der Waals surface area contributed by atoms with E-state index in [2.05, 4.69) is 10.2 Å². The Morgan fingerprint density at radius 3 is 1.93 bits per heavy atom. The summed E-state index contributed by atoms with van der Waals surface area (Å²) in [6.07, 6.45) is 0. The summed E-state index contributed by atoms with van der Waals surface area (Å²) in [5, 5.41) is 40.3. The van der Waals surface area contributed by atoms with Crippen LogP contribution in [0.25, 0.3) is 11.1 Å². The second kappa shape index (κ2) is 7.40. The average Bonchev–Trinajstić information content (AvgIpc) is 2.67. The predicted molar refractivity (Wildman–Crippen MR) is 97.5 cm³/mol. The van der Waals surface area contributed by atoms with E-state index < -0.39 is 27.0 Å². The molecule has 3 aromatic rings. The van der Waals surface area contributed by atoms with Crippen LogP contribution < -0.4 is 0 Å². The lowest BCUT2D eigenvalue weighted by Crippen LogP contribution is -1.95. The molecule has 0 aromatic heterocycles. The molecule has 0 atom stereocenters. The molecular formula is C18H12N4O5. The van der Waals surface area contributed by atoms with Gasteiger partial charge in [-0.2, -0.15) is 10.2 Å². The summed E-state index contributed by atoms with van der Waals surface area (Å²) in [5.41, 5.74) is 0.338. The van der Waals surface area contributed by atoms with Crippen LogP contribution >= 0.6 is 0 Å². The van der Waals surface area contributed by atoms with E-state index in [1.165, 1.54) is 0 Å². The molecule has 134 valence electrons. The fraction of sp³-hybridized carbons (Fsp3) is 0. The summed E-state index contributed by atoms with van der Waals surface area (Å²) in [6.45, 7) is 0. The first-order valence-electron chi connectivity index (χ1n) is 7.69. The largest absolute Gasteiger partial charge is 0.502 e. The lowest BCUT2D eigenvalue weighted by atomic mass is 10.0. The molecule has 3 rings (SSSR count). The van der Waals surface area contributed by atoms with E-state index in [-0.39, 0.29) is 5.56 Å². The Morgan fingerprint density at radius 2 is 1.37 bits per heavy atom. The van der Waals surface area contributed by atoms with Crippen LogP contribution in [-0.4, -0.2) is 15.0 Å². The van der Waals surface area contributed by atoms with E-state index in [9.17, 15) is 25.3 Å². The van der Waals surface area contributed by atoms with Gasteiger partial charge in [0, 0.05) is 11.6 Å². The molecule has 27 heavy (non-hydrogen) atoms. The number of phenols is 1. The maximum absolute atomic E-state index is 11.0. The van der Waals surface area contributed by atoms with E-state index in [0.717, 1.165) is 12.1 Å². The highest BCUT2D eigenvalue weighted by Crippen LogP contribution is 2.40. The van der Waals surface area contributed by atoms with Crippen molar-refractivity contribution in [2.45, 2.75) is 0 Å². The molecule has 0 heterocycles. The summed E-state index contributed by atoms with van der Waals surface area (Å²) in [5.74, 6) is -0.635. The Kier molecular flexibility index (Phi) is 4.84. The number of azo groups is 1. The Hall–Kier alpha value is -4.14. The standard InChI is InChI=1S/C18H12N4O5/c23-18-16(10-15(21(24)25)11-17(18)22(26)27)12-6-8-14(9-7-12)20-19-13-4-2-1-3-5-13/h1-11,23H. The van der Waals surface area contributed by atoms with Gasteiger partial charge in [-0.1, -0.05) is 30.3 Å². The van der Waals surface area contributed by atoms with Crippen LogP contribution in [0.3, 0.4) is 0 Å². The lowest BCUT2D eigenvalue weighted by molar-refractivity contribution is -0.394. The maximum atomic E-state index is 11.0. The highest BCUT2D eigenvalue weighted by Gasteiger charge is 2.24. The van der Waals surface area contributed by atoms with Crippen molar-refractivity contribution in [3.63, 3.8) is 0 Å². The van der Waals surface area contributed by atoms with E-state index in [1.54, 1.807) is 36.4 Å². The summed E-state index contributed by atoms with van der Waals surface area (Å²) < 4.78 is 0. The minimum atomic E-state index is -0.867. The molecule has 9 heteroatoms. The van der Waals surface area contributed by atoms with Gasteiger partial charge in [0.2, 0.25) is 5.75 Å². The van der Waals surface area contributed by atoms with Gasteiger partial charge in [0.1, 0.15) is 0 Å². The number of rotatable bonds is 5. The highest BCUT2D eigenvalue weighted by molar-refractivity contribution is 5.78. The third-order valence-electron chi connectivity index (χ3n) is 3.70. The molecule has 0 aliphatic carbocycles. The number of nitro groups is 2. The molecule has 3 aromatic carbocycles. The van der Waals surface area contributed by atoms with Crippen molar-refractivity contribution >= 4 is 22.7 Å². The van der Waals surface area contributed by atoms with Crippen LogP contribution in [0.4, 0.5) is 22.7 Å². The molecule has 0 fully saturated rings. The summed E-state index contributed by atoms with van der Waals surface area (Å²) in [6, 6.07) is 17.2. The van der Waals surface area contributed by atoms with Crippen molar-refractivity contribution in [2.24, 2.45) is 10.2 Å². The highest BCUT2D eigenvalue weighted by atomic mass is 16.6. The van der Waals surface area contributed by atoms with Crippen LogP contribution in [0.1, 0.15) is 0 Å². The normalized spacial score (nSPS) is 10.8. The van der Waals surface area contributed by atoms with Crippen molar-refractivity contribution in [2.75, 3.05) is 0 Å². The van der Waals surface area contributed by atoms with Crippen molar-refractivity contribution in [3.05, 3.63) is 87.0 Å². The smallest absolute Gasteiger partial charge is 0.318 e.